The lowest BCUT2D eigenvalue weighted by molar-refractivity contribution is 0.0537. The maximum Gasteiger partial charge on any atom is 0.122 e. The fourth-order valence-corrected chi connectivity index (χ4v) is 3.03. The highest BCUT2D eigenvalue weighted by atomic mass is 79.9. The van der Waals surface area contributed by atoms with Crippen LogP contribution in [0.2, 0.25) is 0 Å². The summed E-state index contributed by atoms with van der Waals surface area (Å²) in [5.74, 6) is 7.21. The normalized spacial score (nSPS) is 18.3. The first-order chi connectivity index (χ1) is 9.24. The third-order valence-corrected chi connectivity index (χ3v) is 4.22. The Labute approximate surface area is 122 Å². The van der Waals surface area contributed by atoms with Gasteiger partial charge in [0.05, 0.1) is 7.11 Å². The predicted molar refractivity (Wildman–Crippen MR) is 79.1 cm³/mol. The van der Waals surface area contributed by atoms with Crippen LogP contribution in [0.4, 0.5) is 0 Å². The highest BCUT2D eigenvalue weighted by Crippen LogP contribution is 2.27. The van der Waals surface area contributed by atoms with Gasteiger partial charge in [0.2, 0.25) is 0 Å². The van der Waals surface area contributed by atoms with E-state index in [2.05, 4.69) is 27.4 Å². The van der Waals surface area contributed by atoms with Gasteiger partial charge >= 0.3 is 0 Å². The van der Waals surface area contributed by atoms with Gasteiger partial charge < -0.3 is 9.47 Å². The largest absolute Gasteiger partial charge is 0.496 e. The van der Waals surface area contributed by atoms with E-state index in [4.69, 9.17) is 15.3 Å². The molecule has 1 aliphatic rings. The summed E-state index contributed by atoms with van der Waals surface area (Å²) >= 11 is 3.51. The third-order valence-electron chi connectivity index (χ3n) is 3.73. The average Bonchev–Trinajstić information content (AvgIpc) is 2.46. The van der Waals surface area contributed by atoms with Crippen molar-refractivity contribution in [2.45, 2.75) is 25.3 Å². The van der Waals surface area contributed by atoms with E-state index in [9.17, 15) is 0 Å². The van der Waals surface area contributed by atoms with Crippen LogP contribution in [0.25, 0.3) is 0 Å². The quantitative estimate of drug-likeness (QED) is 0.643. The Morgan fingerprint density at radius 1 is 1.47 bits per heavy atom. The van der Waals surface area contributed by atoms with E-state index < -0.39 is 0 Å². The second-order valence-corrected chi connectivity index (χ2v) is 5.80. The summed E-state index contributed by atoms with van der Waals surface area (Å²) in [6.07, 6.45) is 2.99. The molecule has 1 unspecified atom stereocenters. The molecule has 1 aromatic rings. The fourth-order valence-electron chi connectivity index (χ4n) is 2.62. The molecule has 1 aliphatic heterocycles. The van der Waals surface area contributed by atoms with Crippen LogP contribution in [0.1, 0.15) is 18.4 Å². The number of hydrogen-bond donors (Lipinski definition) is 2. The first kappa shape index (κ1) is 14.8. The van der Waals surface area contributed by atoms with Crippen molar-refractivity contribution < 1.29 is 9.47 Å². The molecule has 1 fully saturated rings. The van der Waals surface area contributed by atoms with Crippen molar-refractivity contribution in [3.8, 4) is 5.75 Å². The topological polar surface area (TPSA) is 56.5 Å². The molecule has 4 nitrogen and oxygen atoms in total. The molecule has 0 radical (unpaired) electrons. The zero-order chi connectivity index (χ0) is 13.7. The van der Waals surface area contributed by atoms with E-state index in [0.29, 0.717) is 5.92 Å². The van der Waals surface area contributed by atoms with Crippen molar-refractivity contribution in [1.29, 1.82) is 0 Å². The van der Waals surface area contributed by atoms with Gasteiger partial charge in [-0.15, -0.1) is 0 Å². The van der Waals surface area contributed by atoms with E-state index in [0.717, 1.165) is 42.7 Å². The van der Waals surface area contributed by atoms with E-state index in [1.54, 1.807) is 7.11 Å². The first-order valence-electron chi connectivity index (χ1n) is 6.61. The molecule has 0 bridgehead atoms. The molecule has 1 saturated heterocycles. The highest BCUT2D eigenvalue weighted by Gasteiger charge is 2.24. The molecular formula is C14H21BrN2O2. The Hall–Kier alpha value is -0.620. The highest BCUT2D eigenvalue weighted by molar-refractivity contribution is 9.10. The molecule has 0 saturated carbocycles. The number of rotatable bonds is 5. The van der Waals surface area contributed by atoms with Crippen LogP contribution in [0.3, 0.4) is 0 Å². The van der Waals surface area contributed by atoms with Crippen LogP contribution < -0.4 is 16.0 Å². The summed E-state index contributed by atoms with van der Waals surface area (Å²) < 4.78 is 11.9. The summed E-state index contributed by atoms with van der Waals surface area (Å²) in [5.41, 5.74) is 4.14. The van der Waals surface area contributed by atoms with Gasteiger partial charge in [0.15, 0.2) is 0 Å². The average molecular weight is 329 g/mol. The van der Waals surface area contributed by atoms with Gasteiger partial charge in [-0.25, -0.2) is 0 Å². The summed E-state index contributed by atoms with van der Waals surface area (Å²) in [6, 6.07) is 6.33. The standard InChI is InChI=1S/C14H21BrN2O2/c1-18-14-3-2-12(15)8-11(14)9-13(17-16)10-4-6-19-7-5-10/h2-3,8,10,13,17H,4-7,9,16H2,1H3. The third kappa shape index (κ3) is 3.92. The summed E-state index contributed by atoms with van der Waals surface area (Å²) in [6.45, 7) is 1.66. The number of hydrogen-bond acceptors (Lipinski definition) is 4. The van der Waals surface area contributed by atoms with Gasteiger partial charge in [0.25, 0.3) is 0 Å². The van der Waals surface area contributed by atoms with Crippen LogP contribution >= 0.6 is 15.9 Å². The zero-order valence-electron chi connectivity index (χ0n) is 11.2. The van der Waals surface area contributed by atoms with Crippen LogP contribution in [0.15, 0.2) is 22.7 Å². The SMILES string of the molecule is COc1ccc(Br)cc1CC(NN)C1CCOCC1. The van der Waals surface area contributed by atoms with Crippen molar-refractivity contribution in [2.75, 3.05) is 20.3 Å². The van der Waals surface area contributed by atoms with Crippen molar-refractivity contribution in [2.24, 2.45) is 11.8 Å². The maximum absolute atomic E-state index is 5.74. The number of benzene rings is 1. The van der Waals surface area contributed by atoms with Crippen molar-refractivity contribution in [1.82, 2.24) is 5.43 Å². The number of halogens is 1. The Bertz CT molecular complexity index is 408. The van der Waals surface area contributed by atoms with Gasteiger partial charge in [-0.05, 0) is 48.9 Å². The van der Waals surface area contributed by atoms with Crippen LogP contribution in [-0.4, -0.2) is 26.4 Å². The molecule has 106 valence electrons. The predicted octanol–water partition coefficient (Wildman–Crippen LogP) is 2.26. The minimum atomic E-state index is 0.257. The number of nitrogens with two attached hydrogens (primary N) is 1. The van der Waals surface area contributed by atoms with Crippen molar-refractivity contribution in [3.63, 3.8) is 0 Å². The molecule has 1 aromatic carbocycles. The molecule has 0 amide bonds. The Balaban J connectivity index is 2.10. The van der Waals surface area contributed by atoms with Crippen LogP contribution in [0, 0.1) is 5.92 Å². The molecule has 19 heavy (non-hydrogen) atoms. The van der Waals surface area contributed by atoms with Gasteiger partial charge in [-0.2, -0.15) is 0 Å². The Kier molecular flexibility index (Phi) is 5.63. The number of hydrazine groups is 1. The number of ether oxygens (including phenoxy) is 2. The van der Waals surface area contributed by atoms with Crippen molar-refractivity contribution >= 4 is 15.9 Å². The lowest BCUT2D eigenvalue weighted by Crippen LogP contribution is -2.44. The second kappa shape index (κ2) is 7.24. The van der Waals surface area contributed by atoms with Gasteiger partial charge in [-0.1, -0.05) is 15.9 Å². The van der Waals surface area contributed by atoms with Gasteiger partial charge in [-0.3, -0.25) is 11.3 Å². The molecule has 0 aliphatic carbocycles. The molecule has 2 rings (SSSR count). The molecular weight excluding hydrogens is 308 g/mol. The lowest BCUT2D eigenvalue weighted by atomic mass is 9.88. The summed E-state index contributed by atoms with van der Waals surface area (Å²) in [4.78, 5) is 0. The molecule has 1 heterocycles. The molecule has 5 heteroatoms. The lowest BCUT2D eigenvalue weighted by Gasteiger charge is -2.30. The number of nitrogens with one attached hydrogen (secondary N) is 1. The monoisotopic (exact) mass is 328 g/mol. The van der Waals surface area contributed by atoms with Crippen molar-refractivity contribution in [3.05, 3.63) is 28.2 Å². The maximum atomic E-state index is 5.74. The van der Waals surface area contributed by atoms with E-state index in [1.807, 2.05) is 12.1 Å². The first-order valence-corrected chi connectivity index (χ1v) is 7.40. The van der Waals surface area contributed by atoms with Crippen LogP contribution in [0.5, 0.6) is 5.75 Å². The molecule has 3 N–H and O–H groups in total. The molecule has 0 spiro atoms. The minimum absolute atomic E-state index is 0.257. The summed E-state index contributed by atoms with van der Waals surface area (Å²) in [7, 11) is 1.70. The van der Waals surface area contributed by atoms with Gasteiger partial charge in [0, 0.05) is 23.7 Å². The smallest absolute Gasteiger partial charge is 0.122 e. The summed E-state index contributed by atoms with van der Waals surface area (Å²) in [5, 5.41) is 0. The Morgan fingerprint density at radius 3 is 2.84 bits per heavy atom. The molecule has 1 atom stereocenters. The Morgan fingerprint density at radius 2 is 2.21 bits per heavy atom. The minimum Gasteiger partial charge on any atom is -0.496 e. The molecule has 0 aromatic heterocycles. The van der Waals surface area contributed by atoms with E-state index in [-0.39, 0.29) is 6.04 Å². The second-order valence-electron chi connectivity index (χ2n) is 4.88. The van der Waals surface area contributed by atoms with Gasteiger partial charge in [0.1, 0.15) is 5.75 Å². The van der Waals surface area contributed by atoms with Crippen LogP contribution in [-0.2, 0) is 11.2 Å². The zero-order valence-corrected chi connectivity index (χ0v) is 12.8. The van der Waals surface area contributed by atoms with E-state index >= 15 is 0 Å². The fraction of sp³-hybridized carbons (Fsp3) is 0.571. The number of methoxy groups -OCH3 is 1. The van der Waals surface area contributed by atoms with E-state index in [1.165, 1.54) is 5.56 Å².